The molecule has 1 amide bonds. The van der Waals surface area contributed by atoms with E-state index in [0.717, 1.165) is 30.5 Å². The summed E-state index contributed by atoms with van der Waals surface area (Å²) in [7, 11) is 0. The minimum atomic E-state index is -4.48. The van der Waals surface area contributed by atoms with Gasteiger partial charge in [-0.15, -0.1) is 0 Å². The second-order valence-corrected chi connectivity index (χ2v) is 9.99. The van der Waals surface area contributed by atoms with Gasteiger partial charge in [-0.3, -0.25) is 9.59 Å². The van der Waals surface area contributed by atoms with Crippen LogP contribution in [0.25, 0.3) is 16.6 Å². The van der Waals surface area contributed by atoms with Crippen molar-refractivity contribution in [3.8, 4) is 5.69 Å². The number of carbonyl (C=O) groups excluding carboxylic acids is 1. The number of rotatable bonds is 7. The van der Waals surface area contributed by atoms with Crippen LogP contribution in [0.5, 0.6) is 0 Å². The zero-order valence-electron chi connectivity index (χ0n) is 20.1. The summed E-state index contributed by atoms with van der Waals surface area (Å²) in [5.41, 5.74) is -0.707. The average Bonchev–Trinajstić information content (AvgIpc) is 3.53. The molecular formula is C26H22ClF4N5O2. The number of benzene rings is 2. The highest BCUT2D eigenvalue weighted by Crippen LogP contribution is 2.50. The zero-order valence-corrected chi connectivity index (χ0v) is 20.9. The summed E-state index contributed by atoms with van der Waals surface area (Å²) in [6.07, 6.45) is -1.44. The number of nitrogens with zero attached hydrogens (tertiary/aromatic N) is 4. The van der Waals surface area contributed by atoms with Crippen molar-refractivity contribution in [3.63, 3.8) is 0 Å². The van der Waals surface area contributed by atoms with Gasteiger partial charge in [0.15, 0.2) is 5.52 Å². The van der Waals surface area contributed by atoms with E-state index in [9.17, 15) is 27.2 Å². The van der Waals surface area contributed by atoms with Gasteiger partial charge in [0.1, 0.15) is 11.0 Å². The van der Waals surface area contributed by atoms with Crippen molar-refractivity contribution in [1.29, 1.82) is 0 Å². The lowest BCUT2D eigenvalue weighted by atomic mass is 10.0. The molecular weight excluding hydrogens is 526 g/mol. The Balaban J connectivity index is 1.33. The molecule has 0 bridgehead atoms. The van der Waals surface area contributed by atoms with Crippen molar-refractivity contribution in [3.05, 3.63) is 87.2 Å². The quantitative estimate of drug-likeness (QED) is 0.312. The third kappa shape index (κ3) is 5.15. The molecule has 1 aliphatic rings. The maximum absolute atomic E-state index is 13.2. The summed E-state index contributed by atoms with van der Waals surface area (Å²) < 4.78 is 54.3. The summed E-state index contributed by atoms with van der Waals surface area (Å²) in [6, 6.07) is 9.84. The summed E-state index contributed by atoms with van der Waals surface area (Å²) in [4.78, 5) is 25.9. The van der Waals surface area contributed by atoms with Crippen molar-refractivity contribution in [2.24, 2.45) is 5.41 Å². The van der Waals surface area contributed by atoms with E-state index >= 15 is 0 Å². The minimum Gasteiger partial charge on any atom is -0.350 e. The number of hydrogen-bond donors (Lipinski definition) is 1. The molecule has 5 rings (SSSR count). The Hall–Kier alpha value is -3.73. The van der Waals surface area contributed by atoms with Gasteiger partial charge in [-0.25, -0.2) is 13.8 Å². The van der Waals surface area contributed by atoms with E-state index < -0.39 is 22.7 Å². The van der Waals surface area contributed by atoms with Crippen molar-refractivity contribution in [2.75, 3.05) is 0 Å². The van der Waals surface area contributed by atoms with Crippen LogP contribution in [-0.4, -0.2) is 25.5 Å². The highest BCUT2D eigenvalue weighted by atomic mass is 35.5. The lowest BCUT2D eigenvalue weighted by Crippen LogP contribution is -2.32. The normalized spacial score (nSPS) is 15.4. The lowest BCUT2D eigenvalue weighted by molar-refractivity contribution is -0.137. The molecule has 1 atom stereocenters. The number of nitrogens with one attached hydrogen (secondary N) is 1. The number of alkyl halides is 3. The number of hydrogen-bond acceptors (Lipinski definition) is 4. The topological polar surface area (TPSA) is 81.8 Å². The number of amides is 1. The predicted molar refractivity (Wildman–Crippen MR) is 132 cm³/mol. The van der Waals surface area contributed by atoms with Crippen LogP contribution in [0, 0.1) is 11.2 Å². The van der Waals surface area contributed by atoms with E-state index in [1.165, 1.54) is 39.8 Å². The maximum atomic E-state index is 13.2. The van der Waals surface area contributed by atoms with Gasteiger partial charge in [-0.1, -0.05) is 23.7 Å². The van der Waals surface area contributed by atoms with Crippen LogP contribution < -0.4 is 10.9 Å². The largest absolute Gasteiger partial charge is 0.416 e. The van der Waals surface area contributed by atoms with E-state index in [-0.39, 0.29) is 52.5 Å². The average molecular weight is 548 g/mol. The molecule has 1 unspecified atom stereocenters. The monoisotopic (exact) mass is 547 g/mol. The molecule has 1 N–H and O–H groups in total. The molecule has 198 valence electrons. The fourth-order valence-corrected chi connectivity index (χ4v) is 4.69. The third-order valence-corrected chi connectivity index (χ3v) is 7.15. The third-order valence-electron chi connectivity index (χ3n) is 6.79. The second-order valence-electron chi connectivity index (χ2n) is 9.63. The van der Waals surface area contributed by atoms with Crippen LogP contribution in [0.1, 0.15) is 43.4 Å². The summed E-state index contributed by atoms with van der Waals surface area (Å²) in [6.45, 7) is 2.01. The molecule has 0 spiro atoms. The van der Waals surface area contributed by atoms with Gasteiger partial charge >= 0.3 is 6.18 Å². The van der Waals surface area contributed by atoms with Crippen LogP contribution >= 0.6 is 11.6 Å². The molecule has 0 saturated heterocycles. The second kappa shape index (κ2) is 9.54. The first-order chi connectivity index (χ1) is 18.0. The minimum absolute atomic E-state index is 0.0232. The molecule has 2 aromatic carbocycles. The Labute approximate surface area is 219 Å². The Kier molecular flexibility index (Phi) is 6.50. The van der Waals surface area contributed by atoms with Gasteiger partial charge in [0.05, 0.1) is 35.4 Å². The highest BCUT2D eigenvalue weighted by Gasteiger charge is 2.45. The summed E-state index contributed by atoms with van der Waals surface area (Å²) in [5, 5.41) is 11.7. The highest BCUT2D eigenvalue weighted by molar-refractivity contribution is 6.34. The summed E-state index contributed by atoms with van der Waals surface area (Å²) >= 11 is 6.38. The van der Waals surface area contributed by atoms with Crippen molar-refractivity contribution >= 4 is 28.4 Å². The van der Waals surface area contributed by atoms with Crippen molar-refractivity contribution in [1.82, 2.24) is 24.9 Å². The van der Waals surface area contributed by atoms with E-state index in [4.69, 9.17) is 11.6 Å². The van der Waals surface area contributed by atoms with Crippen LogP contribution in [0.4, 0.5) is 17.6 Å². The molecule has 2 aromatic heterocycles. The molecule has 1 saturated carbocycles. The Morgan fingerprint density at radius 1 is 1.13 bits per heavy atom. The molecule has 0 aliphatic heterocycles. The molecule has 2 heterocycles. The molecule has 7 nitrogen and oxygen atoms in total. The van der Waals surface area contributed by atoms with E-state index in [1.54, 1.807) is 19.1 Å². The first-order valence-corrected chi connectivity index (χ1v) is 12.2. The van der Waals surface area contributed by atoms with Gasteiger partial charge < -0.3 is 5.32 Å². The van der Waals surface area contributed by atoms with E-state index in [2.05, 4.69) is 15.5 Å². The molecule has 1 aliphatic carbocycles. The van der Waals surface area contributed by atoms with Gasteiger partial charge in [0.2, 0.25) is 5.91 Å². The Morgan fingerprint density at radius 2 is 1.79 bits per heavy atom. The van der Waals surface area contributed by atoms with E-state index in [1.807, 2.05) is 0 Å². The van der Waals surface area contributed by atoms with Crippen molar-refractivity contribution < 1.29 is 22.4 Å². The number of halogens is 5. The standard InChI is InChI=1S/C26H22ClF4N5O2/c1-15(16-2-6-18(28)7-3-16)33-21(37)12-25(10-11-25)14-35-24(38)22-20(13-32-35)23(27)36(34-22)19-8-4-17(5-9-19)26(29,30)31/h2-9,13,15H,10-12,14H2,1H3,(H,33,37). The SMILES string of the molecule is CC(NC(=O)CC1(Cn2ncc3c(Cl)n(-c4ccc(C(F)(F)F)cc4)nc3c2=O)CC1)c1ccc(F)cc1. The zero-order chi connectivity index (χ0) is 27.2. The number of aromatic nitrogens is 4. The first kappa shape index (κ1) is 25.9. The van der Waals surface area contributed by atoms with Gasteiger partial charge in [-0.2, -0.15) is 23.4 Å². The molecule has 0 radical (unpaired) electrons. The lowest BCUT2D eigenvalue weighted by Gasteiger charge is -2.19. The van der Waals surface area contributed by atoms with Crippen LogP contribution in [0.2, 0.25) is 5.15 Å². The molecule has 1 fully saturated rings. The first-order valence-electron chi connectivity index (χ1n) is 11.8. The van der Waals surface area contributed by atoms with Crippen molar-refractivity contribution in [2.45, 2.75) is 44.9 Å². The van der Waals surface area contributed by atoms with Gasteiger partial charge in [0, 0.05) is 6.42 Å². The van der Waals surface area contributed by atoms with E-state index in [0.29, 0.717) is 0 Å². The van der Waals surface area contributed by atoms with Gasteiger partial charge in [-0.05, 0) is 67.1 Å². The van der Waals surface area contributed by atoms with Gasteiger partial charge in [0.25, 0.3) is 5.56 Å². The smallest absolute Gasteiger partial charge is 0.350 e. The molecule has 38 heavy (non-hydrogen) atoms. The predicted octanol–water partition coefficient (Wildman–Crippen LogP) is 5.44. The Morgan fingerprint density at radius 3 is 2.39 bits per heavy atom. The van der Waals surface area contributed by atoms with Crippen LogP contribution in [-0.2, 0) is 17.5 Å². The summed E-state index contributed by atoms with van der Waals surface area (Å²) in [5.74, 6) is -0.548. The maximum Gasteiger partial charge on any atom is 0.416 e. The fraction of sp³-hybridized carbons (Fsp3) is 0.308. The Bertz CT molecular complexity index is 1560. The number of carbonyl (C=O) groups is 1. The number of fused-ring (bicyclic) bond motifs is 1. The van der Waals surface area contributed by atoms with Crippen LogP contribution in [0.3, 0.4) is 0 Å². The molecule has 4 aromatic rings. The molecule has 12 heteroatoms. The fourth-order valence-electron chi connectivity index (χ4n) is 4.41. The van der Waals surface area contributed by atoms with Crippen LogP contribution in [0.15, 0.2) is 59.5 Å².